The summed E-state index contributed by atoms with van der Waals surface area (Å²) in [6, 6.07) is 12.3. The van der Waals surface area contributed by atoms with Crippen LogP contribution in [-0.4, -0.2) is 27.5 Å². The number of benzene rings is 1. The number of aryl methyl sites for hydroxylation is 1. The van der Waals surface area contributed by atoms with Gasteiger partial charge in [-0.2, -0.15) is 4.98 Å². The number of hydrogen-bond acceptors (Lipinski definition) is 6. The normalized spacial score (nSPS) is 16.8. The van der Waals surface area contributed by atoms with Crippen LogP contribution in [0.5, 0.6) is 11.7 Å². The third-order valence-corrected chi connectivity index (χ3v) is 4.35. The van der Waals surface area contributed by atoms with Crippen LogP contribution in [0.3, 0.4) is 0 Å². The zero-order valence-corrected chi connectivity index (χ0v) is 14.4. The molecule has 0 spiro atoms. The van der Waals surface area contributed by atoms with Crippen molar-refractivity contribution >= 4 is 5.91 Å². The predicted molar refractivity (Wildman–Crippen MR) is 91.9 cm³/mol. The van der Waals surface area contributed by atoms with Crippen molar-refractivity contribution in [3.05, 3.63) is 59.9 Å². The fraction of sp³-hybridized carbons (Fsp3) is 0.316. The zero-order chi connectivity index (χ0) is 17.9. The van der Waals surface area contributed by atoms with E-state index in [-0.39, 0.29) is 23.7 Å². The molecule has 2 aromatic heterocycles. The van der Waals surface area contributed by atoms with Crippen molar-refractivity contribution in [1.29, 1.82) is 0 Å². The number of furan rings is 1. The number of likely N-dealkylation sites (tertiary alicyclic amines) is 1. The largest absolute Gasteiger partial charge is 0.426 e. The van der Waals surface area contributed by atoms with Crippen LogP contribution in [0, 0.1) is 0 Å². The molecule has 0 bridgehead atoms. The van der Waals surface area contributed by atoms with Crippen LogP contribution in [0.1, 0.15) is 48.1 Å². The molecule has 1 amide bonds. The molecule has 7 nitrogen and oxygen atoms in total. The first-order chi connectivity index (χ1) is 12.7. The van der Waals surface area contributed by atoms with Crippen LogP contribution < -0.4 is 4.74 Å². The summed E-state index contributed by atoms with van der Waals surface area (Å²) in [5, 5.41) is 3.93. The first-order valence-electron chi connectivity index (χ1n) is 8.71. The molecular weight excluding hydrogens is 334 g/mol. The summed E-state index contributed by atoms with van der Waals surface area (Å²) in [4.78, 5) is 19.0. The molecule has 0 N–H and O–H groups in total. The molecule has 3 aromatic rings. The molecule has 1 aliphatic heterocycles. The Morgan fingerprint density at radius 2 is 2.12 bits per heavy atom. The van der Waals surface area contributed by atoms with Gasteiger partial charge in [-0.15, -0.1) is 0 Å². The van der Waals surface area contributed by atoms with E-state index in [1.54, 1.807) is 17.0 Å². The van der Waals surface area contributed by atoms with E-state index < -0.39 is 0 Å². The number of amides is 1. The van der Waals surface area contributed by atoms with Crippen LogP contribution in [0.4, 0.5) is 0 Å². The number of aromatic nitrogens is 2. The molecule has 0 radical (unpaired) electrons. The summed E-state index contributed by atoms with van der Waals surface area (Å²) in [6.45, 7) is 2.59. The standard InChI is InChI=1S/C19H19N3O4/c1-2-16-20-18(26-21-16)14-9-6-12-22(14)19(23)15-10-11-17(25-15)24-13-7-4-3-5-8-13/h3-5,7-8,10-11,14H,2,6,9,12H2,1H3/t14-/m0/s1. The fourth-order valence-corrected chi connectivity index (χ4v) is 3.05. The highest BCUT2D eigenvalue weighted by Crippen LogP contribution is 2.33. The lowest BCUT2D eigenvalue weighted by atomic mass is 10.2. The van der Waals surface area contributed by atoms with Crippen LogP contribution in [0.15, 0.2) is 51.4 Å². The highest BCUT2D eigenvalue weighted by molar-refractivity contribution is 5.92. The first-order valence-corrected chi connectivity index (χ1v) is 8.71. The van der Waals surface area contributed by atoms with Gasteiger partial charge in [-0.05, 0) is 31.0 Å². The maximum atomic E-state index is 12.9. The van der Waals surface area contributed by atoms with E-state index >= 15 is 0 Å². The monoisotopic (exact) mass is 353 g/mol. The fourth-order valence-electron chi connectivity index (χ4n) is 3.05. The van der Waals surface area contributed by atoms with Crippen LogP contribution in [-0.2, 0) is 6.42 Å². The third kappa shape index (κ3) is 3.20. The van der Waals surface area contributed by atoms with E-state index in [2.05, 4.69) is 10.1 Å². The molecule has 1 fully saturated rings. The van der Waals surface area contributed by atoms with Gasteiger partial charge in [0, 0.05) is 19.0 Å². The van der Waals surface area contributed by atoms with Crippen molar-refractivity contribution < 1.29 is 18.5 Å². The van der Waals surface area contributed by atoms with Gasteiger partial charge in [0.25, 0.3) is 11.9 Å². The van der Waals surface area contributed by atoms with E-state index in [9.17, 15) is 4.79 Å². The Morgan fingerprint density at radius 3 is 2.88 bits per heavy atom. The summed E-state index contributed by atoms with van der Waals surface area (Å²) in [5.74, 6) is 2.10. The van der Waals surface area contributed by atoms with E-state index in [1.807, 2.05) is 37.3 Å². The van der Waals surface area contributed by atoms with Gasteiger partial charge in [0.2, 0.25) is 5.89 Å². The minimum Gasteiger partial charge on any atom is -0.426 e. The summed E-state index contributed by atoms with van der Waals surface area (Å²) >= 11 is 0. The second kappa shape index (κ2) is 7.03. The van der Waals surface area contributed by atoms with Gasteiger partial charge in [0.05, 0.1) is 0 Å². The molecule has 26 heavy (non-hydrogen) atoms. The topological polar surface area (TPSA) is 81.6 Å². The molecular formula is C19H19N3O4. The van der Waals surface area contributed by atoms with Crippen LogP contribution in [0.25, 0.3) is 0 Å². The number of para-hydroxylation sites is 1. The Balaban J connectivity index is 1.50. The molecule has 4 rings (SSSR count). The lowest BCUT2D eigenvalue weighted by Crippen LogP contribution is -2.30. The number of hydrogen-bond donors (Lipinski definition) is 0. The highest BCUT2D eigenvalue weighted by atomic mass is 16.6. The van der Waals surface area contributed by atoms with Crippen molar-refractivity contribution in [3.63, 3.8) is 0 Å². The first kappa shape index (κ1) is 16.4. The van der Waals surface area contributed by atoms with E-state index in [4.69, 9.17) is 13.7 Å². The van der Waals surface area contributed by atoms with Gasteiger partial charge >= 0.3 is 0 Å². The maximum absolute atomic E-state index is 12.9. The number of rotatable bonds is 5. The Labute approximate surface area is 150 Å². The summed E-state index contributed by atoms with van der Waals surface area (Å²) < 4.78 is 16.5. The Hall–Kier alpha value is -3.09. The molecule has 1 aliphatic rings. The van der Waals surface area contributed by atoms with Gasteiger partial charge in [0.15, 0.2) is 11.6 Å². The van der Waals surface area contributed by atoms with Crippen molar-refractivity contribution in [2.45, 2.75) is 32.2 Å². The summed E-state index contributed by atoms with van der Waals surface area (Å²) in [6.07, 6.45) is 2.38. The van der Waals surface area contributed by atoms with Crippen LogP contribution in [0.2, 0.25) is 0 Å². The SMILES string of the molecule is CCc1noc([C@@H]2CCCN2C(=O)c2ccc(Oc3ccccc3)o2)n1. The van der Waals surface area contributed by atoms with Crippen molar-refractivity contribution in [2.75, 3.05) is 6.54 Å². The number of nitrogens with zero attached hydrogens (tertiary/aromatic N) is 3. The molecule has 0 unspecified atom stereocenters. The summed E-state index contributed by atoms with van der Waals surface area (Å²) in [7, 11) is 0. The van der Waals surface area contributed by atoms with E-state index in [0.717, 1.165) is 12.8 Å². The summed E-state index contributed by atoms with van der Waals surface area (Å²) in [5.41, 5.74) is 0. The second-order valence-electron chi connectivity index (χ2n) is 6.09. The minimum atomic E-state index is -0.209. The Morgan fingerprint density at radius 1 is 1.27 bits per heavy atom. The molecule has 1 atom stereocenters. The maximum Gasteiger partial charge on any atom is 0.290 e. The lowest BCUT2D eigenvalue weighted by molar-refractivity contribution is 0.0673. The minimum absolute atomic E-state index is 0.202. The number of ether oxygens (including phenoxy) is 1. The average molecular weight is 353 g/mol. The highest BCUT2D eigenvalue weighted by Gasteiger charge is 2.35. The zero-order valence-electron chi connectivity index (χ0n) is 14.4. The Bertz CT molecular complexity index is 887. The van der Waals surface area contributed by atoms with E-state index in [1.165, 1.54) is 0 Å². The third-order valence-electron chi connectivity index (χ3n) is 4.35. The van der Waals surface area contributed by atoms with Gasteiger partial charge in [0.1, 0.15) is 11.8 Å². The quantitative estimate of drug-likeness (QED) is 0.690. The van der Waals surface area contributed by atoms with E-state index in [0.29, 0.717) is 30.4 Å². The molecule has 7 heteroatoms. The number of carbonyl (C=O) groups is 1. The molecule has 1 saturated heterocycles. The molecule has 3 heterocycles. The predicted octanol–water partition coefficient (Wildman–Crippen LogP) is 3.99. The van der Waals surface area contributed by atoms with Gasteiger partial charge < -0.3 is 18.6 Å². The van der Waals surface area contributed by atoms with Crippen LogP contribution >= 0.6 is 0 Å². The van der Waals surface area contributed by atoms with Gasteiger partial charge in [-0.25, -0.2) is 0 Å². The van der Waals surface area contributed by atoms with Gasteiger partial charge in [-0.3, -0.25) is 4.79 Å². The smallest absolute Gasteiger partial charge is 0.290 e. The van der Waals surface area contributed by atoms with Crippen molar-refractivity contribution in [3.8, 4) is 11.7 Å². The van der Waals surface area contributed by atoms with Crippen molar-refractivity contribution in [2.24, 2.45) is 0 Å². The molecule has 0 saturated carbocycles. The molecule has 0 aliphatic carbocycles. The molecule has 134 valence electrons. The lowest BCUT2D eigenvalue weighted by Gasteiger charge is -2.20. The van der Waals surface area contributed by atoms with Gasteiger partial charge in [-0.1, -0.05) is 30.3 Å². The second-order valence-corrected chi connectivity index (χ2v) is 6.09. The molecule has 1 aromatic carbocycles. The number of carbonyl (C=O) groups excluding carboxylic acids is 1. The van der Waals surface area contributed by atoms with Crippen molar-refractivity contribution in [1.82, 2.24) is 15.0 Å². The average Bonchev–Trinajstić information content (AvgIpc) is 3.41. The Kier molecular flexibility index (Phi) is 4.43.